The highest BCUT2D eigenvalue weighted by molar-refractivity contribution is 7.12. The van der Waals surface area contributed by atoms with Crippen molar-refractivity contribution in [3.8, 4) is 0 Å². The Kier molecular flexibility index (Phi) is 3.27. The predicted molar refractivity (Wildman–Crippen MR) is 98.4 cm³/mol. The molecular formula is C19H21FN4OS. The molecule has 2 aliphatic heterocycles. The Hall–Kier alpha value is -2.02. The quantitative estimate of drug-likeness (QED) is 0.812. The van der Waals surface area contributed by atoms with Gasteiger partial charge in [0.25, 0.3) is 5.91 Å². The van der Waals surface area contributed by atoms with Crippen molar-refractivity contribution in [2.75, 3.05) is 18.5 Å². The van der Waals surface area contributed by atoms with Crippen LogP contribution in [0.5, 0.6) is 0 Å². The van der Waals surface area contributed by atoms with E-state index in [0.29, 0.717) is 24.4 Å². The lowest BCUT2D eigenvalue weighted by atomic mass is 10.0. The van der Waals surface area contributed by atoms with E-state index in [-0.39, 0.29) is 5.91 Å². The minimum atomic E-state index is -1.16. The Bertz CT molecular complexity index is 950. The fraction of sp³-hybridized carbons (Fsp3) is 0.526. The van der Waals surface area contributed by atoms with Gasteiger partial charge in [-0.2, -0.15) is 0 Å². The molecule has 4 heterocycles. The zero-order valence-corrected chi connectivity index (χ0v) is 16.0. The number of hydrogen-bond acceptors (Lipinski definition) is 5. The predicted octanol–water partition coefficient (Wildman–Crippen LogP) is 3.26. The highest BCUT2D eigenvalue weighted by Crippen LogP contribution is 2.51. The van der Waals surface area contributed by atoms with Crippen LogP contribution in [0.15, 0.2) is 0 Å². The number of rotatable bonds is 2. The lowest BCUT2D eigenvalue weighted by molar-refractivity contribution is 0.0815. The van der Waals surface area contributed by atoms with E-state index >= 15 is 0 Å². The van der Waals surface area contributed by atoms with Crippen molar-refractivity contribution in [2.45, 2.75) is 51.9 Å². The molecule has 3 aliphatic rings. The number of aromatic nitrogens is 2. The lowest BCUT2D eigenvalue weighted by Gasteiger charge is -2.29. The third kappa shape index (κ3) is 2.22. The summed E-state index contributed by atoms with van der Waals surface area (Å²) in [5, 5.41) is 0.659. The van der Waals surface area contributed by atoms with Gasteiger partial charge in [0.05, 0.1) is 30.0 Å². The van der Waals surface area contributed by atoms with Crippen LogP contribution < -0.4 is 4.90 Å². The van der Waals surface area contributed by atoms with Gasteiger partial charge in [0.2, 0.25) is 0 Å². The van der Waals surface area contributed by atoms with Gasteiger partial charge in [0, 0.05) is 24.9 Å². The molecule has 0 aromatic carbocycles. The third-order valence-electron chi connectivity index (χ3n) is 5.85. The van der Waals surface area contributed by atoms with Crippen molar-refractivity contribution in [1.29, 1.82) is 0 Å². The van der Waals surface area contributed by atoms with Crippen LogP contribution in [0.3, 0.4) is 0 Å². The first-order valence-corrected chi connectivity index (χ1v) is 9.87. The van der Waals surface area contributed by atoms with Crippen molar-refractivity contribution in [3.05, 3.63) is 38.0 Å². The second-order valence-electron chi connectivity index (χ2n) is 7.69. The molecule has 1 amide bonds. The second-order valence-corrected chi connectivity index (χ2v) is 8.78. The molecule has 5 nitrogen and oxygen atoms in total. The van der Waals surface area contributed by atoms with Gasteiger partial charge in [0.15, 0.2) is 5.67 Å². The first kappa shape index (κ1) is 16.2. The lowest BCUT2D eigenvalue weighted by Crippen LogP contribution is -2.31. The van der Waals surface area contributed by atoms with Crippen LogP contribution in [0, 0.1) is 13.8 Å². The van der Waals surface area contributed by atoms with Crippen molar-refractivity contribution >= 4 is 23.1 Å². The molecule has 1 fully saturated rings. The number of carbonyl (C=O) groups is 1. The van der Waals surface area contributed by atoms with Gasteiger partial charge in [-0.15, -0.1) is 11.3 Å². The van der Waals surface area contributed by atoms with Gasteiger partial charge in [-0.05, 0) is 37.8 Å². The van der Waals surface area contributed by atoms with Crippen LogP contribution >= 0.6 is 11.3 Å². The molecule has 0 bridgehead atoms. The smallest absolute Gasteiger partial charge is 0.256 e. The molecule has 0 saturated heterocycles. The fourth-order valence-corrected chi connectivity index (χ4v) is 5.19. The molecule has 2 aromatic rings. The summed E-state index contributed by atoms with van der Waals surface area (Å²) >= 11 is 1.52. The van der Waals surface area contributed by atoms with Gasteiger partial charge < -0.3 is 9.80 Å². The summed E-state index contributed by atoms with van der Waals surface area (Å²) < 4.78 is 14.4. The van der Waals surface area contributed by atoms with Gasteiger partial charge in [0.1, 0.15) is 10.8 Å². The molecular weight excluding hydrogens is 351 g/mol. The van der Waals surface area contributed by atoms with E-state index in [4.69, 9.17) is 4.98 Å². The number of anilines is 1. The van der Waals surface area contributed by atoms with Gasteiger partial charge >= 0.3 is 0 Å². The number of fused-ring (bicyclic) bond motifs is 2. The largest absolute Gasteiger partial charge is 0.351 e. The zero-order chi connectivity index (χ0) is 18.2. The molecule has 0 unspecified atom stereocenters. The Balaban J connectivity index is 1.50. The van der Waals surface area contributed by atoms with E-state index in [9.17, 15) is 9.18 Å². The Morgan fingerprint density at radius 3 is 2.62 bits per heavy atom. The molecule has 1 aliphatic carbocycles. The summed E-state index contributed by atoms with van der Waals surface area (Å²) in [6.45, 7) is 6.16. The van der Waals surface area contributed by atoms with Crippen LogP contribution in [0.1, 0.15) is 55.6 Å². The summed E-state index contributed by atoms with van der Waals surface area (Å²) in [6.07, 6.45) is 2.03. The van der Waals surface area contributed by atoms with E-state index in [1.54, 1.807) is 4.90 Å². The molecule has 26 heavy (non-hydrogen) atoms. The maximum Gasteiger partial charge on any atom is 0.256 e. The van der Waals surface area contributed by atoms with Crippen LogP contribution in [-0.4, -0.2) is 34.4 Å². The molecule has 136 valence electrons. The van der Waals surface area contributed by atoms with E-state index in [1.165, 1.54) is 11.3 Å². The maximum atomic E-state index is 14.4. The summed E-state index contributed by atoms with van der Waals surface area (Å²) in [4.78, 5) is 26.9. The number of amides is 1. The number of thiazole rings is 1. The maximum absolute atomic E-state index is 14.4. The number of nitrogens with zero attached hydrogens (tertiary/aromatic N) is 4. The summed E-state index contributed by atoms with van der Waals surface area (Å²) in [5.74, 6) is 1.01. The SMILES string of the molecule is Cc1c(N2CCc3nc(C4(F)CC4)sc3C2)nc2c(c1C)C(=O)N(C)C2. The first-order valence-electron chi connectivity index (χ1n) is 9.06. The highest BCUT2D eigenvalue weighted by atomic mass is 32.1. The minimum absolute atomic E-state index is 0.0605. The van der Waals surface area contributed by atoms with E-state index in [2.05, 4.69) is 9.88 Å². The normalized spacial score (nSPS) is 20.4. The molecule has 0 N–H and O–H groups in total. The van der Waals surface area contributed by atoms with Crippen molar-refractivity contribution in [1.82, 2.24) is 14.9 Å². The fourth-order valence-electron chi connectivity index (χ4n) is 3.92. The van der Waals surface area contributed by atoms with Crippen LogP contribution in [0.4, 0.5) is 10.2 Å². The Labute approximate surface area is 155 Å². The minimum Gasteiger partial charge on any atom is -0.351 e. The third-order valence-corrected chi connectivity index (χ3v) is 7.11. The van der Waals surface area contributed by atoms with Gasteiger partial charge in [-0.3, -0.25) is 4.79 Å². The molecule has 0 spiro atoms. The van der Waals surface area contributed by atoms with Gasteiger partial charge in [-0.1, -0.05) is 0 Å². The number of alkyl halides is 1. The Morgan fingerprint density at radius 2 is 1.88 bits per heavy atom. The molecule has 2 aromatic heterocycles. The van der Waals surface area contributed by atoms with Crippen LogP contribution in [0.2, 0.25) is 0 Å². The van der Waals surface area contributed by atoms with E-state index in [1.807, 2.05) is 20.9 Å². The molecule has 0 radical (unpaired) electrons. The van der Waals surface area contributed by atoms with Crippen LogP contribution in [0.25, 0.3) is 0 Å². The van der Waals surface area contributed by atoms with Crippen LogP contribution in [-0.2, 0) is 25.2 Å². The van der Waals surface area contributed by atoms with Gasteiger partial charge in [-0.25, -0.2) is 14.4 Å². The number of carbonyl (C=O) groups excluding carboxylic acids is 1. The average Bonchev–Trinajstić information content (AvgIpc) is 3.11. The van der Waals surface area contributed by atoms with E-state index in [0.717, 1.165) is 58.3 Å². The highest BCUT2D eigenvalue weighted by Gasteiger charge is 2.48. The van der Waals surface area contributed by atoms with Crippen molar-refractivity contribution < 1.29 is 9.18 Å². The topological polar surface area (TPSA) is 49.3 Å². The first-order chi connectivity index (χ1) is 12.4. The second kappa shape index (κ2) is 5.25. The summed E-state index contributed by atoms with van der Waals surface area (Å²) in [5.41, 5.74) is 3.61. The average molecular weight is 372 g/mol. The molecule has 0 atom stereocenters. The monoisotopic (exact) mass is 372 g/mol. The molecule has 1 saturated carbocycles. The molecule has 7 heteroatoms. The van der Waals surface area contributed by atoms with Crippen molar-refractivity contribution in [3.63, 3.8) is 0 Å². The number of halogens is 1. The number of hydrogen-bond donors (Lipinski definition) is 0. The molecule has 5 rings (SSSR count). The number of pyridine rings is 1. The Morgan fingerprint density at radius 1 is 1.12 bits per heavy atom. The standard InChI is InChI=1S/C19H21FN4OS/c1-10-11(2)16(21-13-8-23(3)17(25)15(10)13)24-7-4-12-14(9-24)26-18(22-12)19(20)5-6-19/h4-9H2,1-3H3. The van der Waals surface area contributed by atoms with Crippen molar-refractivity contribution in [2.24, 2.45) is 0 Å². The van der Waals surface area contributed by atoms with E-state index < -0.39 is 5.67 Å². The zero-order valence-electron chi connectivity index (χ0n) is 15.2. The summed E-state index contributed by atoms with van der Waals surface area (Å²) in [7, 11) is 1.81. The summed E-state index contributed by atoms with van der Waals surface area (Å²) in [6, 6.07) is 0.